The van der Waals surface area contributed by atoms with Crippen molar-refractivity contribution in [3.05, 3.63) is 46.8 Å². The van der Waals surface area contributed by atoms with E-state index in [9.17, 15) is 4.79 Å². The molecule has 6 nitrogen and oxygen atoms in total. The highest BCUT2D eigenvalue weighted by Crippen LogP contribution is 2.23. The van der Waals surface area contributed by atoms with Crippen molar-refractivity contribution < 1.29 is 4.79 Å². The molecule has 144 valence electrons. The molecule has 6 heteroatoms. The molecule has 2 aromatic rings. The molecule has 0 bridgehead atoms. The van der Waals surface area contributed by atoms with Crippen LogP contribution in [0.2, 0.25) is 0 Å². The molecule has 3 heterocycles. The average Bonchev–Trinajstić information content (AvgIpc) is 2.95. The number of hydrogen-bond donors (Lipinski definition) is 0. The number of fused-ring (bicyclic) bond motifs is 1. The van der Waals surface area contributed by atoms with Gasteiger partial charge in [0, 0.05) is 51.5 Å². The van der Waals surface area contributed by atoms with Gasteiger partial charge in [0.1, 0.15) is 0 Å². The highest BCUT2D eigenvalue weighted by molar-refractivity contribution is 5.92. The number of nitrogens with zero attached hydrogens (tertiary/aromatic N) is 5. The van der Waals surface area contributed by atoms with Crippen LogP contribution >= 0.6 is 0 Å². The summed E-state index contributed by atoms with van der Waals surface area (Å²) in [5, 5.41) is 4.61. The Kier molecular flexibility index (Phi) is 4.91. The fourth-order valence-corrected chi connectivity index (χ4v) is 4.20. The molecule has 4 rings (SSSR count). The van der Waals surface area contributed by atoms with Crippen molar-refractivity contribution in [2.75, 3.05) is 44.7 Å². The lowest BCUT2D eigenvalue weighted by atomic mass is 10.1. The zero-order chi connectivity index (χ0) is 19.0. The van der Waals surface area contributed by atoms with Gasteiger partial charge in [-0.25, -0.2) is 0 Å². The van der Waals surface area contributed by atoms with Gasteiger partial charge in [0.05, 0.1) is 5.69 Å². The van der Waals surface area contributed by atoms with Crippen LogP contribution in [0, 0.1) is 13.8 Å². The lowest BCUT2D eigenvalue weighted by molar-refractivity contribution is 0.0740. The minimum atomic E-state index is 0.0681. The molecule has 0 aliphatic carbocycles. The summed E-state index contributed by atoms with van der Waals surface area (Å²) >= 11 is 0. The number of carbonyl (C=O) groups excluding carboxylic acids is 1. The van der Waals surface area contributed by atoms with E-state index in [0.717, 1.165) is 57.9 Å². The topological polar surface area (TPSA) is 44.6 Å². The number of aryl methyl sites for hydroxylation is 3. The number of benzene rings is 1. The minimum Gasteiger partial charge on any atom is -0.368 e. The number of amides is 1. The molecule has 1 aromatic heterocycles. The summed E-state index contributed by atoms with van der Waals surface area (Å²) in [5.41, 5.74) is 5.61. The van der Waals surface area contributed by atoms with Gasteiger partial charge >= 0.3 is 0 Å². The predicted octanol–water partition coefficient (Wildman–Crippen LogP) is 2.30. The van der Waals surface area contributed by atoms with Gasteiger partial charge in [-0.1, -0.05) is 17.7 Å². The first-order chi connectivity index (χ1) is 13.0. The SMILES string of the molecule is Cc1ccc(N2CCN(C(=O)c3cc4n(n3)CCCN(C)C4)CC2)c(C)c1. The fraction of sp³-hybridized carbons (Fsp3) is 0.524. The maximum Gasteiger partial charge on any atom is 0.274 e. The maximum atomic E-state index is 13.0. The molecule has 2 aliphatic rings. The van der Waals surface area contributed by atoms with E-state index < -0.39 is 0 Å². The van der Waals surface area contributed by atoms with Gasteiger partial charge in [-0.15, -0.1) is 0 Å². The normalized spacial score (nSPS) is 18.3. The monoisotopic (exact) mass is 367 g/mol. The van der Waals surface area contributed by atoms with Crippen LogP contribution in [0.1, 0.15) is 33.7 Å². The van der Waals surface area contributed by atoms with Crippen molar-refractivity contribution in [1.82, 2.24) is 19.6 Å². The number of carbonyl (C=O) groups is 1. The summed E-state index contributed by atoms with van der Waals surface area (Å²) in [6.07, 6.45) is 1.08. The lowest BCUT2D eigenvalue weighted by Crippen LogP contribution is -2.49. The molecule has 1 fully saturated rings. The second-order valence-electron chi connectivity index (χ2n) is 7.90. The molecule has 2 aliphatic heterocycles. The molecular weight excluding hydrogens is 338 g/mol. The number of anilines is 1. The van der Waals surface area contributed by atoms with E-state index in [1.54, 1.807) is 0 Å². The van der Waals surface area contributed by atoms with Crippen molar-refractivity contribution in [3.8, 4) is 0 Å². The molecule has 0 spiro atoms. The van der Waals surface area contributed by atoms with E-state index in [1.165, 1.54) is 16.8 Å². The van der Waals surface area contributed by atoms with Crippen LogP contribution in [-0.2, 0) is 13.1 Å². The Morgan fingerprint density at radius 1 is 1.00 bits per heavy atom. The maximum absolute atomic E-state index is 13.0. The standard InChI is InChI=1S/C21H29N5O/c1-16-5-6-20(17(2)13-16)24-9-11-25(12-10-24)21(27)19-14-18-15-23(3)7-4-8-26(18)22-19/h5-6,13-14H,4,7-12,15H2,1-3H3. The van der Waals surface area contributed by atoms with Crippen molar-refractivity contribution in [2.24, 2.45) is 0 Å². The summed E-state index contributed by atoms with van der Waals surface area (Å²) < 4.78 is 2.02. The van der Waals surface area contributed by atoms with Crippen molar-refractivity contribution in [2.45, 2.75) is 33.4 Å². The van der Waals surface area contributed by atoms with Crippen molar-refractivity contribution >= 4 is 11.6 Å². The van der Waals surface area contributed by atoms with E-state index in [4.69, 9.17) is 0 Å². The molecule has 0 radical (unpaired) electrons. The van der Waals surface area contributed by atoms with Gasteiger partial charge in [-0.3, -0.25) is 9.48 Å². The van der Waals surface area contributed by atoms with Crippen LogP contribution in [0.3, 0.4) is 0 Å². The van der Waals surface area contributed by atoms with E-state index in [0.29, 0.717) is 5.69 Å². The second kappa shape index (κ2) is 7.35. The highest BCUT2D eigenvalue weighted by Gasteiger charge is 2.26. The lowest BCUT2D eigenvalue weighted by Gasteiger charge is -2.36. The second-order valence-corrected chi connectivity index (χ2v) is 7.90. The first-order valence-electron chi connectivity index (χ1n) is 9.88. The quantitative estimate of drug-likeness (QED) is 0.817. The minimum absolute atomic E-state index is 0.0681. The predicted molar refractivity (Wildman–Crippen MR) is 107 cm³/mol. The molecule has 0 N–H and O–H groups in total. The van der Waals surface area contributed by atoms with Gasteiger partial charge in [0.15, 0.2) is 5.69 Å². The van der Waals surface area contributed by atoms with Gasteiger partial charge in [0.25, 0.3) is 5.91 Å². The molecule has 1 amide bonds. The van der Waals surface area contributed by atoms with Crippen molar-refractivity contribution in [1.29, 1.82) is 0 Å². The molecule has 1 saturated heterocycles. The van der Waals surface area contributed by atoms with E-state index in [-0.39, 0.29) is 5.91 Å². The Hall–Kier alpha value is -2.34. The number of aromatic nitrogens is 2. The van der Waals surface area contributed by atoms with Crippen LogP contribution in [0.5, 0.6) is 0 Å². The molecule has 27 heavy (non-hydrogen) atoms. The molecule has 0 atom stereocenters. The van der Waals surface area contributed by atoms with Crippen LogP contribution in [0.4, 0.5) is 5.69 Å². The van der Waals surface area contributed by atoms with Crippen molar-refractivity contribution in [3.63, 3.8) is 0 Å². The Bertz CT molecular complexity index is 835. The molecule has 1 aromatic carbocycles. The number of rotatable bonds is 2. The third-order valence-corrected chi connectivity index (χ3v) is 5.68. The van der Waals surface area contributed by atoms with Crippen LogP contribution in [0.25, 0.3) is 0 Å². The first kappa shape index (κ1) is 18.0. The molecule has 0 saturated carbocycles. The Morgan fingerprint density at radius 2 is 1.78 bits per heavy atom. The van der Waals surface area contributed by atoms with Gasteiger partial charge in [-0.2, -0.15) is 5.10 Å². The molecule has 0 unspecified atom stereocenters. The Balaban J connectivity index is 1.42. The number of hydrogen-bond acceptors (Lipinski definition) is 4. The Morgan fingerprint density at radius 3 is 2.52 bits per heavy atom. The average molecular weight is 367 g/mol. The van der Waals surface area contributed by atoms with Crippen LogP contribution in [0.15, 0.2) is 24.3 Å². The Labute approximate surface area is 161 Å². The zero-order valence-corrected chi connectivity index (χ0v) is 16.6. The third kappa shape index (κ3) is 3.72. The van der Waals surface area contributed by atoms with Gasteiger partial charge in [-0.05, 0) is 45.0 Å². The van der Waals surface area contributed by atoms with Gasteiger partial charge < -0.3 is 14.7 Å². The van der Waals surface area contributed by atoms with E-state index in [1.807, 2.05) is 15.6 Å². The largest absolute Gasteiger partial charge is 0.368 e. The third-order valence-electron chi connectivity index (χ3n) is 5.68. The highest BCUT2D eigenvalue weighted by atomic mass is 16.2. The summed E-state index contributed by atoms with van der Waals surface area (Å²) in [5.74, 6) is 0.0681. The first-order valence-corrected chi connectivity index (χ1v) is 9.88. The summed E-state index contributed by atoms with van der Waals surface area (Å²) in [6, 6.07) is 8.57. The summed E-state index contributed by atoms with van der Waals surface area (Å²) in [7, 11) is 2.12. The smallest absolute Gasteiger partial charge is 0.274 e. The molecular formula is C21H29N5O. The fourth-order valence-electron chi connectivity index (χ4n) is 4.20. The van der Waals surface area contributed by atoms with E-state index >= 15 is 0 Å². The van der Waals surface area contributed by atoms with Crippen LogP contribution in [-0.4, -0.2) is 65.3 Å². The number of piperazine rings is 1. The summed E-state index contributed by atoms with van der Waals surface area (Å²) in [4.78, 5) is 19.6. The zero-order valence-electron chi connectivity index (χ0n) is 16.6. The van der Waals surface area contributed by atoms with Crippen LogP contribution < -0.4 is 4.90 Å². The van der Waals surface area contributed by atoms with Gasteiger partial charge in [0.2, 0.25) is 0 Å². The van der Waals surface area contributed by atoms with E-state index in [2.05, 4.69) is 54.0 Å². The summed E-state index contributed by atoms with van der Waals surface area (Å²) in [6.45, 7) is 10.3.